The summed E-state index contributed by atoms with van der Waals surface area (Å²) in [7, 11) is -10.8. The van der Waals surface area contributed by atoms with Crippen LogP contribution in [0, 0.1) is 5.92 Å². The van der Waals surface area contributed by atoms with Gasteiger partial charge in [0.05, 0.1) is 31.8 Å². The van der Waals surface area contributed by atoms with Crippen LogP contribution in [0.4, 0.5) is 11.9 Å². The summed E-state index contributed by atoms with van der Waals surface area (Å²) in [5.41, 5.74) is 9.19. The Kier molecular flexibility index (Phi) is 7.88. The van der Waals surface area contributed by atoms with Gasteiger partial charge in [0.25, 0.3) is 26.8 Å². The Bertz CT molecular complexity index is 2150. The SMILES string of the molecule is CC(=O)C1[C@H]2OP(=O)([O-])OC[C@@H]3O[C@@H](n4cnc5c(=O)[nH]c(N)nc54)C(O)[C@H]3OP(=O)([O-])OC[C@H]2O[C@H]1n1cnc2c(=O)[nH]c(N)nc21. The lowest BCUT2D eigenvalue weighted by Crippen LogP contribution is -2.40. The molecule has 26 heteroatoms. The molecule has 7 rings (SSSR count). The number of aliphatic hydroxyl groups is 1. The zero-order valence-electron chi connectivity index (χ0n) is 24.2. The second-order valence-corrected chi connectivity index (χ2v) is 13.7. The fourth-order valence-corrected chi connectivity index (χ4v) is 7.74. The van der Waals surface area contributed by atoms with Crippen molar-refractivity contribution in [2.75, 3.05) is 24.7 Å². The zero-order valence-corrected chi connectivity index (χ0v) is 26.0. The van der Waals surface area contributed by atoms with Crippen molar-refractivity contribution in [3.63, 3.8) is 0 Å². The number of aliphatic hydroxyl groups excluding tert-OH is 1. The third-order valence-corrected chi connectivity index (χ3v) is 9.80. The summed E-state index contributed by atoms with van der Waals surface area (Å²) in [5, 5.41) is 11.1. The third-order valence-electron chi connectivity index (χ3n) is 7.87. The molecule has 258 valence electrons. The van der Waals surface area contributed by atoms with Crippen LogP contribution in [0.3, 0.4) is 0 Å². The number of carbonyl (C=O) groups excluding carboxylic acids is 1. The quantitative estimate of drug-likeness (QED) is 0.129. The molecular formula is C22H24N10O14P2-2. The van der Waals surface area contributed by atoms with E-state index in [4.69, 9.17) is 39.0 Å². The van der Waals surface area contributed by atoms with E-state index in [1.165, 1.54) is 0 Å². The molecule has 3 fully saturated rings. The molecule has 0 amide bonds. The molecule has 7 heterocycles. The minimum Gasteiger partial charge on any atom is -0.756 e. The average molecular weight is 714 g/mol. The molecule has 3 aliphatic rings. The second kappa shape index (κ2) is 11.6. The number of phosphoric ester groups is 2. The highest BCUT2D eigenvalue weighted by atomic mass is 31.2. The molecule has 4 aromatic rings. The zero-order chi connectivity index (χ0) is 34.3. The third kappa shape index (κ3) is 5.65. The maximum Gasteiger partial charge on any atom is 0.280 e. The fraction of sp³-hybridized carbons (Fsp3) is 0.500. The van der Waals surface area contributed by atoms with Crippen LogP contribution in [0.1, 0.15) is 19.4 Å². The molecule has 4 aromatic heterocycles. The smallest absolute Gasteiger partial charge is 0.280 e. The number of aromatic amines is 2. The maximum absolute atomic E-state index is 13.2. The maximum atomic E-state index is 13.2. The number of nitrogens with two attached hydrogens (primary N) is 2. The predicted octanol–water partition coefficient (Wildman–Crippen LogP) is -3.47. The molecule has 10 atom stereocenters. The molecule has 0 radical (unpaired) electrons. The van der Waals surface area contributed by atoms with E-state index in [9.17, 15) is 38.4 Å². The highest BCUT2D eigenvalue weighted by Gasteiger charge is 2.53. The van der Waals surface area contributed by atoms with Crippen molar-refractivity contribution < 1.29 is 56.4 Å². The molecule has 0 aliphatic carbocycles. The van der Waals surface area contributed by atoms with E-state index in [0.717, 1.165) is 28.7 Å². The topological polar surface area (TPSA) is 352 Å². The number of rotatable bonds is 3. The number of hydrogen-bond acceptors (Lipinski definition) is 20. The van der Waals surface area contributed by atoms with Crippen LogP contribution in [0.5, 0.6) is 0 Å². The molecular weight excluding hydrogens is 690 g/mol. The Morgan fingerprint density at radius 2 is 1.33 bits per heavy atom. The lowest BCUT2D eigenvalue weighted by Gasteiger charge is -2.35. The van der Waals surface area contributed by atoms with Crippen molar-refractivity contribution in [2.45, 2.75) is 49.9 Å². The number of H-pyrrole nitrogens is 2. The van der Waals surface area contributed by atoms with Gasteiger partial charge in [-0.05, 0) is 6.92 Å². The molecule has 7 N–H and O–H groups in total. The fourth-order valence-electron chi connectivity index (χ4n) is 5.83. The van der Waals surface area contributed by atoms with Crippen molar-refractivity contribution in [2.24, 2.45) is 5.92 Å². The highest BCUT2D eigenvalue weighted by Crippen LogP contribution is 2.52. The summed E-state index contributed by atoms with van der Waals surface area (Å²) in [4.78, 5) is 84.1. The number of phosphoric acid groups is 2. The summed E-state index contributed by atoms with van der Waals surface area (Å²) < 4.78 is 60.6. The van der Waals surface area contributed by atoms with Crippen LogP contribution in [-0.4, -0.2) is 93.7 Å². The van der Waals surface area contributed by atoms with Crippen LogP contribution in [0.25, 0.3) is 22.3 Å². The number of nitrogens with one attached hydrogen (secondary N) is 2. The summed E-state index contributed by atoms with van der Waals surface area (Å²) >= 11 is 0. The number of anilines is 2. The van der Waals surface area contributed by atoms with Gasteiger partial charge in [-0.1, -0.05) is 0 Å². The summed E-state index contributed by atoms with van der Waals surface area (Å²) in [5.74, 6) is -2.75. The first kappa shape index (κ1) is 32.6. The molecule has 0 aromatic carbocycles. The van der Waals surface area contributed by atoms with E-state index in [0.29, 0.717) is 0 Å². The summed E-state index contributed by atoms with van der Waals surface area (Å²) in [6.07, 6.45) is -9.46. The van der Waals surface area contributed by atoms with Crippen LogP contribution in [0.15, 0.2) is 22.2 Å². The lowest BCUT2D eigenvalue weighted by molar-refractivity contribution is -0.244. The first-order valence-corrected chi connectivity index (χ1v) is 16.8. The minimum atomic E-state index is -5.40. The van der Waals surface area contributed by atoms with E-state index in [-0.39, 0.29) is 34.2 Å². The van der Waals surface area contributed by atoms with Gasteiger partial charge in [0, 0.05) is 0 Å². The normalized spacial score (nSPS) is 36.0. The predicted molar refractivity (Wildman–Crippen MR) is 150 cm³/mol. The Balaban J connectivity index is 1.21. The number of ether oxygens (including phenoxy) is 2. The van der Waals surface area contributed by atoms with E-state index in [2.05, 4.69) is 29.9 Å². The van der Waals surface area contributed by atoms with Gasteiger partial charge in [-0.15, -0.1) is 0 Å². The Morgan fingerprint density at radius 1 is 0.875 bits per heavy atom. The Hall–Kier alpha value is -3.93. The van der Waals surface area contributed by atoms with Crippen LogP contribution in [-0.2, 0) is 41.5 Å². The van der Waals surface area contributed by atoms with Crippen LogP contribution >= 0.6 is 15.6 Å². The molecule has 3 saturated heterocycles. The number of carbonyl (C=O) groups is 1. The van der Waals surface area contributed by atoms with Gasteiger partial charge in [-0.2, -0.15) is 9.97 Å². The van der Waals surface area contributed by atoms with Crippen molar-refractivity contribution in [1.29, 1.82) is 0 Å². The van der Waals surface area contributed by atoms with E-state index in [1.54, 1.807) is 0 Å². The van der Waals surface area contributed by atoms with Crippen molar-refractivity contribution in [3.8, 4) is 0 Å². The van der Waals surface area contributed by atoms with Gasteiger partial charge in [-0.25, -0.2) is 9.97 Å². The number of nitrogens with zero attached hydrogens (tertiary/aromatic N) is 6. The first-order valence-electron chi connectivity index (χ1n) is 13.8. The monoisotopic (exact) mass is 714 g/mol. The van der Waals surface area contributed by atoms with Crippen molar-refractivity contribution in [3.05, 3.63) is 33.4 Å². The number of aromatic nitrogens is 8. The number of imidazole rings is 2. The van der Waals surface area contributed by atoms with Gasteiger partial charge in [0.2, 0.25) is 11.9 Å². The molecule has 24 nitrogen and oxygen atoms in total. The van der Waals surface area contributed by atoms with Gasteiger partial charge < -0.3 is 53.9 Å². The minimum absolute atomic E-state index is 0.133. The molecule has 3 aliphatic heterocycles. The molecule has 0 spiro atoms. The molecule has 48 heavy (non-hydrogen) atoms. The van der Waals surface area contributed by atoms with E-state index >= 15 is 0 Å². The summed E-state index contributed by atoms with van der Waals surface area (Å²) in [6.45, 7) is -0.818. The molecule has 0 bridgehead atoms. The second-order valence-electron chi connectivity index (χ2n) is 10.9. The molecule has 0 saturated carbocycles. The number of Topliss-reactive ketones (excluding diaryl/α,β-unsaturated/α-hetero) is 1. The number of hydrogen-bond donors (Lipinski definition) is 5. The average Bonchev–Trinajstić information content (AvgIpc) is 3.75. The van der Waals surface area contributed by atoms with Gasteiger partial charge in [0.15, 0.2) is 28.6 Å². The van der Waals surface area contributed by atoms with Crippen LogP contribution < -0.4 is 32.4 Å². The van der Waals surface area contributed by atoms with E-state index < -0.39 is 94.7 Å². The Labute approximate surface area is 265 Å². The Morgan fingerprint density at radius 3 is 1.85 bits per heavy atom. The van der Waals surface area contributed by atoms with Gasteiger partial charge >= 0.3 is 0 Å². The van der Waals surface area contributed by atoms with Gasteiger partial charge in [-0.3, -0.25) is 42.6 Å². The standard InChI is InChI=1S/C22H26N10O14P2/c1-6(33)9-13-7(43-19(9)31-4-25-10-15(31)27-21(23)29-17(10)35)2-41-48(39,40)46-14-8(3-42-47(37,38)45-13)44-20(12(14)34)32-5-26-11-16(32)28-22(24)30-18(11)36/h4-5,7-9,12-14,19-20,34H,2-3H2,1H3,(H,37,38)(H,39,40)(H3,23,27,29,35)(H3,24,28,30,36)/p-2/t7-,8+,9?,12?,13+,14+,19-,20-/m1/s1. The van der Waals surface area contributed by atoms with Crippen molar-refractivity contribution in [1.82, 2.24) is 39.0 Å². The largest absolute Gasteiger partial charge is 0.756 e. The molecule has 4 unspecified atom stereocenters. The number of nitrogen functional groups attached to an aromatic ring is 2. The van der Waals surface area contributed by atoms with Gasteiger partial charge in [0.1, 0.15) is 42.5 Å². The lowest BCUT2D eigenvalue weighted by atomic mass is 9.96. The highest BCUT2D eigenvalue weighted by molar-refractivity contribution is 7.46. The van der Waals surface area contributed by atoms with Crippen molar-refractivity contribution >= 4 is 55.7 Å². The first-order chi connectivity index (χ1) is 22.6. The number of fused-ring (bicyclic) bond motifs is 4. The summed E-state index contributed by atoms with van der Waals surface area (Å²) in [6, 6.07) is 0. The van der Waals surface area contributed by atoms with E-state index in [1.807, 2.05) is 0 Å². The van der Waals surface area contributed by atoms with Crippen LogP contribution in [0.2, 0.25) is 0 Å². The number of ketones is 1.